The molecule has 0 aliphatic carbocycles. The van der Waals surface area contributed by atoms with E-state index in [2.05, 4.69) is 5.32 Å². The summed E-state index contributed by atoms with van der Waals surface area (Å²) in [6.07, 6.45) is 2.18. The molecule has 0 radical (unpaired) electrons. The zero-order chi connectivity index (χ0) is 13.8. The second-order valence-electron chi connectivity index (χ2n) is 4.86. The van der Waals surface area contributed by atoms with Gasteiger partial charge in [-0.05, 0) is 37.5 Å². The number of halogens is 2. The minimum absolute atomic E-state index is 0.0837. The van der Waals surface area contributed by atoms with Crippen molar-refractivity contribution in [3.63, 3.8) is 0 Å². The van der Waals surface area contributed by atoms with Crippen LogP contribution >= 0.6 is 11.6 Å². The maximum atomic E-state index is 13.0. The van der Waals surface area contributed by atoms with Crippen LogP contribution in [0.15, 0.2) is 18.2 Å². The molecule has 0 aromatic heterocycles. The van der Waals surface area contributed by atoms with E-state index < -0.39 is 0 Å². The van der Waals surface area contributed by atoms with Crippen LogP contribution in [0.4, 0.5) is 4.39 Å². The molecule has 1 atom stereocenters. The summed E-state index contributed by atoms with van der Waals surface area (Å²) in [6.45, 7) is 3.91. The fraction of sp³-hybridized carbons (Fsp3) is 0.500. The van der Waals surface area contributed by atoms with Gasteiger partial charge in [-0.25, -0.2) is 4.39 Å². The maximum Gasteiger partial charge on any atom is 0.236 e. The third kappa shape index (κ3) is 3.67. The van der Waals surface area contributed by atoms with E-state index in [1.807, 2.05) is 11.8 Å². The Kier molecular flexibility index (Phi) is 4.77. The Morgan fingerprint density at radius 3 is 2.79 bits per heavy atom. The first-order valence-electron chi connectivity index (χ1n) is 6.54. The number of nitrogens with zero attached hydrogens (tertiary/aromatic N) is 1. The molecule has 1 aromatic rings. The molecule has 2 rings (SSSR count). The number of rotatable bonds is 4. The molecule has 104 valence electrons. The van der Waals surface area contributed by atoms with Crippen LogP contribution in [0.1, 0.15) is 31.4 Å². The van der Waals surface area contributed by atoms with E-state index in [0.29, 0.717) is 5.02 Å². The predicted molar refractivity (Wildman–Crippen MR) is 73.6 cm³/mol. The predicted octanol–water partition coefficient (Wildman–Crippen LogP) is 2.75. The molecule has 1 heterocycles. The van der Waals surface area contributed by atoms with Crippen LogP contribution in [0, 0.1) is 5.82 Å². The monoisotopic (exact) mass is 284 g/mol. The molecule has 1 aliphatic heterocycles. The summed E-state index contributed by atoms with van der Waals surface area (Å²) in [7, 11) is 0. The van der Waals surface area contributed by atoms with Gasteiger partial charge >= 0.3 is 0 Å². The Hall–Kier alpha value is -1.13. The van der Waals surface area contributed by atoms with E-state index >= 15 is 0 Å². The molecule has 1 amide bonds. The van der Waals surface area contributed by atoms with Crippen molar-refractivity contribution in [1.82, 2.24) is 10.2 Å². The lowest BCUT2D eigenvalue weighted by Crippen LogP contribution is -2.37. The molecule has 19 heavy (non-hydrogen) atoms. The molecule has 1 aromatic carbocycles. The molecule has 0 bridgehead atoms. The van der Waals surface area contributed by atoms with E-state index in [1.54, 1.807) is 6.07 Å². The number of carbonyl (C=O) groups is 1. The van der Waals surface area contributed by atoms with E-state index in [4.69, 9.17) is 11.6 Å². The van der Waals surface area contributed by atoms with E-state index in [-0.39, 0.29) is 24.3 Å². The first kappa shape index (κ1) is 14.3. The molecular formula is C14H18ClFN2O. The van der Waals surface area contributed by atoms with Gasteiger partial charge in [0, 0.05) is 24.2 Å². The van der Waals surface area contributed by atoms with Gasteiger partial charge in [0.1, 0.15) is 5.82 Å². The number of amides is 1. The van der Waals surface area contributed by atoms with Crippen LogP contribution < -0.4 is 5.32 Å². The van der Waals surface area contributed by atoms with Gasteiger partial charge < -0.3 is 10.2 Å². The Labute approximate surface area is 117 Å². The van der Waals surface area contributed by atoms with E-state index in [9.17, 15) is 9.18 Å². The van der Waals surface area contributed by atoms with Crippen molar-refractivity contribution >= 4 is 17.5 Å². The number of hydrogen-bond acceptors (Lipinski definition) is 2. The number of hydrogen-bond donors (Lipinski definition) is 1. The topological polar surface area (TPSA) is 32.3 Å². The second kappa shape index (κ2) is 6.35. The van der Waals surface area contributed by atoms with Crippen molar-refractivity contribution in [3.8, 4) is 0 Å². The lowest BCUT2D eigenvalue weighted by Gasteiger charge is -2.19. The average molecular weight is 285 g/mol. The highest BCUT2D eigenvalue weighted by Crippen LogP contribution is 2.23. The number of carbonyl (C=O) groups excluding carboxylic acids is 1. The number of nitrogens with one attached hydrogen (secondary N) is 1. The SMILES string of the molecule is CC(NCC(=O)N1CCCC1)c1ccc(F)cc1Cl. The third-order valence-electron chi connectivity index (χ3n) is 3.45. The summed E-state index contributed by atoms with van der Waals surface area (Å²) in [6, 6.07) is 4.23. The van der Waals surface area contributed by atoms with Crippen LogP contribution in [0.3, 0.4) is 0 Å². The fourth-order valence-electron chi connectivity index (χ4n) is 2.28. The summed E-state index contributed by atoms with van der Waals surface area (Å²) in [5.41, 5.74) is 0.803. The van der Waals surface area contributed by atoms with Crippen LogP contribution in [0.2, 0.25) is 5.02 Å². The summed E-state index contributed by atoms with van der Waals surface area (Å²) < 4.78 is 13.0. The van der Waals surface area contributed by atoms with Crippen LogP contribution in [-0.4, -0.2) is 30.4 Å². The quantitative estimate of drug-likeness (QED) is 0.922. The molecule has 1 fully saturated rings. The van der Waals surface area contributed by atoms with Crippen LogP contribution in [-0.2, 0) is 4.79 Å². The van der Waals surface area contributed by atoms with Crippen LogP contribution in [0.5, 0.6) is 0 Å². The van der Waals surface area contributed by atoms with Crippen molar-refractivity contribution in [2.45, 2.75) is 25.8 Å². The van der Waals surface area contributed by atoms with Gasteiger partial charge in [-0.15, -0.1) is 0 Å². The summed E-state index contributed by atoms with van der Waals surface area (Å²) in [5, 5.41) is 3.52. The van der Waals surface area contributed by atoms with Crippen molar-refractivity contribution in [1.29, 1.82) is 0 Å². The third-order valence-corrected chi connectivity index (χ3v) is 3.77. The first-order valence-corrected chi connectivity index (χ1v) is 6.92. The van der Waals surface area contributed by atoms with Gasteiger partial charge in [-0.1, -0.05) is 17.7 Å². The Bertz CT molecular complexity index is 461. The normalized spacial score (nSPS) is 16.7. The minimum Gasteiger partial charge on any atom is -0.342 e. The second-order valence-corrected chi connectivity index (χ2v) is 5.26. The highest BCUT2D eigenvalue weighted by Gasteiger charge is 2.18. The summed E-state index contributed by atoms with van der Waals surface area (Å²) in [5.74, 6) is -0.239. The van der Waals surface area contributed by atoms with E-state index in [0.717, 1.165) is 31.5 Å². The lowest BCUT2D eigenvalue weighted by atomic mass is 10.1. The highest BCUT2D eigenvalue weighted by molar-refractivity contribution is 6.31. The average Bonchev–Trinajstić information content (AvgIpc) is 2.89. The minimum atomic E-state index is -0.353. The molecule has 0 saturated carbocycles. The zero-order valence-electron chi connectivity index (χ0n) is 11.0. The van der Waals surface area contributed by atoms with Gasteiger partial charge in [0.05, 0.1) is 6.54 Å². The zero-order valence-corrected chi connectivity index (χ0v) is 11.7. The number of likely N-dealkylation sites (tertiary alicyclic amines) is 1. The van der Waals surface area contributed by atoms with Gasteiger partial charge in [-0.3, -0.25) is 4.79 Å². The standard InChI is InChI=1S/C14H18ClFN2O/c1-10(12-5-4-11(16)8-13(12)15)17-9-14(19)18-6-2-3-7-18/h4-5,8,10,17H,2-3,6-7,9H2,1H3. The van der Waals surface area contributed by atoms with Crippen molar-refractivity contribution in [2.75, 3.05) is 19.6 Å². The molecule has 5 heteroatoms. The highest BCUT2D eigenvalue weighted by atomic mass is 35.5. The Morgan fingerprint density at radius 2 is 2.16 bits per heavy atom. The van der Waals surface area contributed by atoms with Crippen molar-refractivity contribution < 1.29 is 9.18 Å². The molecule has 3 nitrogen and oxygen atoms in total. The Balaban J connectivity index is 1.89. The maximum absolute atomic E-state index is 13.0. The van der Waals surface area contributed by atoms with Gasteiger partial charge in [0.15, 0.2) is 0 Å². The molecular weight excluding hydrogens is 267 g/mol. The fourth-order valence-corrected chi connectivity index (χ4v) is 2.61. The molecule has 0 spiro atoms. The molecule has 1 aliphatic rings. The smallest absolute Gasteiger partial charge is 0.236 e. The first-order chi connectivity index (χ1) is 9.08. The molecule has 1 saturated heterocycles. The van der Waals surface area contributed by atoms with Crippen LogP contribution in [0.25, 0.3) is 0 Å². The molecule has 1 N–H and O–H groups in total. The lowest BCUT2D eigenvalue weighted by molar-refractivity contribution is -0.129. The van der Waals surface area contributed by atoms with E-state index in [1.165, 1.54) is 12.1 Å². The summed E-state index contributed by atoms with van der Waals surface area (Å²) in [4.78, 5) is 13.8. The summed E-state index contributed by atoms with van der Waals surface area (Å²) >= 11 is 5.99. The Morgan fingerprint density at radius 1 is 1.47 bits per heavy atom. The largest absolute Gasteiger partial charge is 0.342 e. The van der Waals surface area contributed by atoms with Crippen molar-refractivity contribution in [2.24, 2.45) is 0 Å². The van der Waals surface area contributed by atoms with Crippen molar-refractivity contribution in [3.05, 3.63) is 34.6 Å². The molecule has 1 unspecified atom stereocenters. The van der Waals surface area contributed by atoms with Gasteiger partial charge in [0.25, 0.3) is 0 Å². The van der Waals surface area contributed by atoms with Gasteiger partial charge in [0.2, 0.25) is 5.91 Å². The number of benzene rings is 1. The van der Waals surface area contributed by atoms with Gasteiger partial charge in [-0.2, -0.15) is 0 Å².